The molecule has 0 saturated carbocycles. The highest BCUT2D eigenvalue weighted by Crippen LogP contribution is 2.19. The molecule has 0 spiro atoms. The Morgan fingerprint density at radius 3 is 2.52 bits per heavy atom. The Bertz CT molecular complexity index is 960. The highest BCUT2D eigenvalue weighted by molar-refractivity contribution is 5.94. The van der Waals surface area contributed by atoms with E-state index < -0.39 is 0 Å². The quantitative estimate of drug-likeness (QED) is 0.323. The minimum absolute atomic E-state index is 0.000256. The molecule has 4 heteroatoms. The number of nitrogens with zero attached hydrogens (tertiary/aromatic N) is 2. The number of para-hydroxylation sites is 2. The second-order valence-corrected chi connectivity index (χ2v) is 8.52. The number of imidazole rings is 1. The van der Waals surface area contributed by atoms with E-state index in [4.69, 9.17) is 4.98 Å². The van der Waals surface area contributed by atoms with Crippen LogP contribution in [-0.2, 0) is 13.0 Å². The molecule has 2 aromatic carbocycles. The average molecular weight is 420 g/mol. The average Bonchev–Trinajstić information content (AvgIpc) is 3.13. The van der Waals surface area contributed by atoms with Crippen LogP contribution in [0.2, 0.25) is 0 Å². The van der Waals surface area contributed by atoms with Gasteiger partial charge in [-0.1, -0.05) is 75.3 Å². The molecule has 166 valence electrons. The number of hydrogen-bond donors (Lipinski definition) is 1. The summed E-state index contributed by atoms with van der Waals surface area (Å²) in [6.45, 7) is 5.96. The molecule has 1 aromatic heterocycles. The number of benzene rings is 2. The van der Waals surface area contributed by atoms with Gasteiger partial charge in [0.15, 0.2) is 0 Å². The van der Waals surface area contributed by atoms with Crippen molar-refractivity contribution in [2.24, 2.45) is 0 Å². The van der Waals surface area contributed by atoms with Gasteiger partial charge in [-0.15, -0.1) is 0 Å². The van der Waals surface area contributed by atoms with Crippen molar-refractivity contribution in [1.29, 1.82) is 0 Å². The molecule has 0 aliphatic rings. The zero-order valence-corrected chi connectivity index (χ0v) is 19.2. The largest absolute Gasteiger partial charge is 0.352 e. The van der Waals surface area contributed by atoms with Crippen molar-refractivity contribution < 1.29 is 4.79 Å². The van der Waals surface area contributed by atoms with Crippen LogP contribution in [0.25, 0.3) is 11.0 Å². The maximum absolute atomic E-state index is 12.4. The lowest BCUT2D eigenvalue weighted by atomic mass is 10.1. The Morgan fingerprint density at radius 2 is 1.71 bits per heavy atom. The van der Waals surface area contributed by atoms with Crippen LogP contribution in [0.4, 0.5) is 0 Å². The highest BCUT2D eigenvalue weighted by Gasteiger charge is 2.11. The Morgan fingerprint density at radius 1 is 0.935 bits per heavy atom. The van der Waals surface area contributed by atoms with Gasteiger partial charge < -0.3 is 9.88 Å². The van der Waals surface area contributed by atoms with Crippen molar-refractivity contribution in [3.05, 3.63) is 65.5 Å². The Kier molecular flexibility index (Phi) is 9.14. The van der Waals surface area contributed by atoms with Gasteiger partial charge in [-0.25, -0.2) is 4.98 Å². The van der Waals surface area contributed by atoms with E-state index in [0.29, 0.717) is 6.54 Å². The third-order valence-electron chi connectivity index (χ3n) is 5.86. The summed E-state index contributed by atoms with van der Waals surface area (Å²) in [5, 5.41) is 3.05. The first-order chi connectivity index (χ1) is 15.2. The lowest BCUT2D eigenvalue weighted by Gasteiger charge is -2.10. The first kappa shape index (κ1) is 23.1. The summed E-state index contributed by atoms with van der Waals surface area (Å²) in [6, 6.07) is 16.1. The molecule has 3 rings (SSSR count). The molecule has 0 fully saturated rings. The van der Waals surface area contributed by atoms with Crippen molar-refractivity contribution in [1.82, 2.24) is 14.9 Å². The van der Waals surface area contributed by atoms with E-state index in [1.165, 1.54) is 50.5 Å². The standard InChI is InChI=1S/C27H37N3O/c1-3-4-5-6-7-8-11-20-30-25-17-10-9-16-24(25)29-26(30)18-13-19-28-27(31)23-15-12-14-22(2)21-23/h9-10,12,14-17,21H,3-8,11,13,18-20H2,1-2H3,(H,28,31). The molecule has 31 heavy (non-hydrogen) atoms. The first-order valence-electron chi connectivity index (χ1n) is 12.0. The van der Waals surface area contributed by atoms with E-state index in [0.717, 1.165) is 41.9 Å². The minimum Gasteiger partial charge on any atom is -0.352 e. The molecule has 1 amide bonds. The van der Waals surface area contributed by atoms with Crippen LogP contribution < -0.4 is 5.32 Å². The number of carbonyl (C=O) groups is 1. The fourth-order valence-corrected chi connectivity index (χ4v) is 4.13. The number of nitrogens with one attached hydrogen (secondary N) is 1. The van der Waals surface area contributed by atoms with Gasteiger partial charge >= 0.3 is 0 Å². The van der Waals surface area contributed by atoms with E-state index in [2.05, 4.69) is 41.1 Å². The second-order valence-electron chi connectivity index (χ2n) is 8.52. The van der Waals surface area contributed by atoms with Gasteiger partial charge in [0.1, 0.15) is 5.82 Å². The number of aromatic nitrogens is 2. The molecule has 0 unspecified atom stereocenters. The lowest BCUT2D eigenvalue weighted by Crippen LogP contribution is -2.25. The van der Waals surface area contributed by atoms with Gasteiger partial charge in [-0.2, -0.15) is 0 Å². The van der Waals surface area contributed by atoms with Crippen molar-refractivity contribution in [2.75, 3.05) is 6.54 Å². The van der Waals surface area contributed by atoms with Crippen molar-refractivity contribution in [2.45, 2.75) is 78.2 Å². The molecule has 0 atom stereocenters. The highest BCUT2D eigenvalue weighted by atomic mass is 16.1. The predicted octanol–water partition coefficient (Wildman–Crippen LogP) is 6.46. The molecule has 1 heterocycles. The molecule has 1 N–H and O–H groups in total. The third-order valence-corrected chi connectivity index (χ3v) is 5.86. The monoisotopic (exact) mass is 419 g/mol. The number of amides is 1. The van der Waals surface area contributed by atoms with Gasteiger partial charge in [0.05, 0.1) is 11.0 Å². The van der Waals surface area contributed by atoms with Gasteiger partial charge in [0.2, 0.25) is 0 Å². The van der Waals surface area contributed by atoms with E-state index >= 15 is 0 Å². The van der Waals surface area contributed by atoms with E-state index in [1.54, 1.807) is 0 Å². The van der Waals surface area contributed by atoms with Crippen molar-refractivity contribution in [3.8, 4) is 0 Å². The fraction of sp³-hybridized carbons (Fsp3) is 0.481. The SMILES string of the molecule is CCCCCCCCCn1c(CCCNC(=O)c2cccc(C)c2)nc2ccccc21. The Hall–Kier alpha value is -2.62. The minimum atomic E-state index is 0.000256. The van der Waals surface area contributed by atoms with Crippen LogP contribution in [0.1, 0.15) is 80.0 Å². The summed E-state index contributed by atoms with van der Waals surface area (Å²) in [5.74, 6) is 1.14. The molecule has 0 bridgehead atoms. The molecule has 0 radical (unpaired) electrons. The zero-order chi connectivity index (χ0) is 21.9. The summed E-state index contributed by atoms with van der Waals surface area (Å²) in [7, 11) is 0. The predicted molar refractivity (Wildman–Crippen MR) is 130 cm³/mol. The van der Waals surface area contributed by atoms with Crippen LogP contribution in [0.5, 0.6) is 0 Å². The number of hydrogen-bond acceptors (Lipinski definition) is 2. The first-order valence-corrected chi connectivity index (χ1v) is 12.0. The third kappa shape index (κ3) is 6.95. The normalized spacial score (nSPS) is 11.2. The second kappa shape index (κ2) is 12.3. The zero-order valence-electron chi connectivity index (χ0n) is 19.2. The summed E-state index contributed by atoms with van der Waals surface area (Å²) in [4.78, 5) is 17.2. The fourth-order valence-electron chi connectivity index (χ4n) is 4.13. The lowest BCUT2D eigenvalue weighted by molar-refractivity contribution is 0.0953. The molecular weight excluding hydrogens is 382 g/mol. The number of unbranched alkanes of at least 4 members (excludes halogenated alkanes) is 6. The topological polar surface area (TPSA) is 46.9 Å². The molecule has 0 aliphatic carbocycles. The van der Waals surface area contributed by atoms with Crippen LogP contribution in [0.3, 0.4) is 0 Å². The van der Waals surface area contributed by atoms with E-state index in [1.807, 2.05) is 31.2 Å². The van der Waals surface area contributed by atoms with Crippen LogP contribution >= 0.6 is 0 Å². The molecular formula is C27H37N3O. The number of aryl methyl sites for hydroxylation is 3. The number of fused-ring (bicyclic) bond motifs is 1. The van der Waals surface area contributed by atoms with Gasteiger partial charge in [0.25, 0.3) is 5.91 Å². The smallest absolute Gasteiger partial charge is 0.251 e. The Labute approximate surface area is 187 Å². The van der Waals surface area contributed by atoms with Crippen LogP contribution in [0.15, 0.2) is 48.5 Å². The van der Waals surface area contributed by atoms with Gasteiger partial charge in [-0.05, 0) is 44.0 Å². The van der Waals surface area contributed by atoms with E-state index in [9.17, 15) is 4.79 Å². The number of rotatable bonds is 13. The van der Waals surface area contributed by atoms with Crippen molar-refractivity contribution >= 4 is 16.9 Å². The van der Waals surface area contributed by atoms with Crippen molar-refractivity contribution in [3.63, 3.8) is 0 Å². The molecule has 0 saturated heterocycles. The summed E-state index contributed by atoms with van der Waals surface area (Å²) >= 11 is 0. The van der Waals surface area contributed by atoms with Crippen LogP contribution in [-0.4, -0.2) is 22.0 Å². The maximum Gasteiger partial charge on any atom is 0.251 e. The van der Waals surface area contributed by atoms with Gasteiger partial charge in [-0.3, -0.25) is 4.79 Å². The van der Waals surface area contributed by atoms with Crippen LogP contribution in [0, 0.1) is 6.92 Å². The van der Waals surface area contributed by atoms with E-state index in [-0.39, 0.29) is 5.91 Å². The molecule has 4 nitrogen and oxygen atoms in total. The maximum atomic E-state index is 12.4. The summed E-state index contributed by atoms with van der Waals surface area (Å²) in [5.41, 5.74) is 4.13. The van der Waals surface area contributed by atoms with Gasteiger partial charge in [0, 0.05) is 25.1 Å². The molecule has 3 aromatic rings. The number of carbonyl (C=O) groups excluding carboxylic acids is 1. The molecule has 0 aliphatic heterocycles. The summed E-state index contributed by atoms with van der Waals surface area (Å²) in [6.07, 6.45) is 10.9. The Balaban J connectivity index is 1.51. The summed E-state index contributed by atoms with van der Waals surface area (Å²) < 4.78 is 2.39.